The molecule has 0 aromatic heterocycles. The molecule has 0 bridgehead atoms. The summed E-state index contributed by atoms with van der Waals surface area (Å²) in [6.45, 7) is 5.02. The van der Waals surface area contributed by atoms with E-state index in [4.69, 9.17) is 23.7 Å². The van der Waals surface area contributed by atoms with Gasteiger partial charge in [-0.25, -0.2) is 0 Å². The van der Waals surface area contributed by atoms with Crippen molar-refractivity contribution in [2.24, 2.45) is 0 Å². The quantitative estimate of drug-likeness (QED) is 0.746. The molecular weight excluding hydrogens is 344 g/mol. The summed E-state index contributed by atoms with van der Waals surface area (Å²) in [5.74, 6) is 4.26. The molecule has 5 rings (SSSR count). The van der Waals surface area contributed by atoms with Crippen LogP contribution in [0.4, 0.5) is 0 Å². The highest BCUT2D eigenvalue weighted by Gasteiger charge is 2.43. The first-order valence-electron chi connectivity index (χ1n) is 9.22. The molecule has 0 unspecified atom stereocenters. The fourth-order valence-electron chi connectivity index (χ4n) is 4.06. The summed E-state index contributed by atoms with van der Waals surface area (Å²) in [4.78, 5) is 0. The van der Waals surface area contributed by atoms with Gasteiger partial charge in [0, 0.05) is 22.8 Å². The van der Waals surface area contributed by atoms with E-state index in [1.54, 1.807) is 7.11 Å². The molecule has 0 fully saturated rings. The fourth-order valence-corrected chi connectivity index (χ4v) is 4.06. The molecule has 3 aliphatic rings. The van der Waals surface area contributed by atoms with Crippen LogP contribution in [-0.4, -0.2) is 20.5 Å². The summed E-state index contributed by atoms with van der Waals surface area (Å²) >= 11 is 0. The summed E-state index contributed by atoms with van der Waals surface area (Å²) in [5, 5.41) is 0. The maximum absolute atomic E-state index is 6.34. The lowest BCUT2D eigenvalue weighted by Gasteiger charge is -2.30. The first-order valence-corrected chi connectivity index (χ1v) is 9.22. The fraction of sp³-hybridized carbons (Fsp3) is 0.364. The molecule has 0 amide bonds. The van der Waals surface area contributed by atoms with E-state index in [1.807, 2.05) is 18.2 Å². The molecule has 0 N–H and O–H groups in total. The summed E-state index contributed by atoms with van der Waals surface area (Å²) in [6, 6.07) is 8.04. The molecule has 5 nitrogen and oxygen atoms in total. The van der Waals surface area contributed by atoms with Crippen LogP contribution in [0.1, 0.15) is 42.6 Å². The van der Waals surface area contributed by atoms with Crippen molar-refractivity contribution in [1.82, 2.24) is 0 Å². The Morgan fingerprint density at radius 3 is 2.67 bits per heavy atom. The highest BCUT2D eigenvalue weighted by atomic mass is 16.7. The van der Waals surface area contributed by atoms with E-state index in [0.29, 0.717) is 6.61 Å². The lowest BCUT2D eigenvalue weighted by Crippen LogP contribution is -2.24. The lowest BCUT2D eigenvalue weighted by atomic mass is 9.87. The average molecular weight is 366 g/mol. The minimum atomic E-state index is -0.0670. The summed E-state index contributed by atoms with van der Waals surface area (Å²) in [7, 11) is 1.70. The van der Waals surface area contributed by atoms with Gasteiger partial charge in [-0.2, -0.15) is 0 Å². The Hall–Kier alpha value is -2.82. The van der Waals surface area contributed by atoms with Gasteiger partial charge in [-0.15, -0.1) is 0 Å². The van der Waals surface area contributed by atoms with Crippen molar-refractivity contribution in [3.05, 3.63) is 52.6 Å². The van der Waals surface area contributed by atoms with Crippen LogP contribution >= 0.6 is 0 Å². The van der Waals surface area contributed by atoms with Crippen molar-refractivity contribution in [2.75, 3.05) is 20.5 Å². The maximum atomic E-state index is 6.34. The van der Waals surface area contributed by atoms with Crippen LogP contribution in [-0.2, 0) is 6.42 Å². The molecule has 2 aromatic rings. The molecule has 3 aliphatic heterocycles. The molecule has 0 aliphatic carbocycles. The third-order valence-corrected chi connectivity index (χ3v) is 5.42. The van der Waals surface area contributed by atoms with Crippen LogP contribution in [0.2, 0.25) is 0 Å². The SMILES string of the molecule is COc1ccc2c(c1CC=C(C)C)OC[C@H]1c3cc4c(cc3O[C@@H]21)OCO4. The van der Waals surface area contributed by atoms with Gasteiger partial charge in [0.05, 0.1) is 19.6 Å². The van der Waals surface area contributed by atoms with Crippen LogP contribution in [0, 0.1) is 0 Å². The number of fused-ring (bicyclic) bond motifs is 6. The highest BCUT2D eigenvalue weighted by Crippen LogP contribution is 2.55. The van der Waals surface area contributed by atoms with Crippen molar-refractivity contribution in [2.45, 2.75) is 32.3 Å². The van der Waals surface area contributed by atoms with Crippen LogP contribution in [0.25, 0.3) is 0 Å². The first-order chi connectivity index (χ1) is 13.2. The zero-order chi connectivity index (χ0) is 18.5. The second kappa shape index (κ2) is 6.12. The van der Waals surface area contributed by atoms with E-state index >= 15 is 0 Å². The predicted octanol–water partition coefficient (Wildman–Crippen LogP) is 4.54. The van der Waals surface area contributed by atoms with E-state index in [-0.39, 0.29) is 18.8 Å². The predicted molar refractivity (Wildman–Crippen MR) is 100 cm³/mol. The molecular formula is C22H22O5. The van der Waals surface area contributed by atoms with Crippen molar-refractivity contribution < 1.29 is 23.7 Å². The average Bonchev–Trinajstić information content (AvgIpc) is 3.27. The second-order valence-corrected chi connectivity index (χ2v) is 7.35. The van der Waals surface area contributed by atoms with Crippen molar-refractivity contribution in [1.29, 1.82) is 0 Å². The number of methoxy groups -OCH3 is 1. The summed E-state index contributed by atoms with van der Waals surface area (Å²) in [5.41, 5.74) is 4.53. The largest absolute Gasteiger partial charge is 0.496 e. The van der Waals surface area contributed by atoms with Gasteiger partial charge in [-0.1, -0.05) is 11.6 Å². The maximum Gasteiger partial charge on any atom is 0.231 e. The Balaban J connectivity index is 1.56. The van der Waals surface area contributed by atoms with E-state index in [1.165, 1.54) is 5.57 Å². The van der Waals surface area contributed by atoms with E-state index < -0.39 is 0 Å². The van der Waals surface area contributed by atoms with E-state index in [9.17, 15) is 0 Å². The Kier molecular flexibility index (Phi) is 3.71. The molecule has 2 atom stereocenters. The molecule has 3 heterocycles. The van der Waals surface area contributed by atoms with Crippen molar-refractivity contribution in [3.8, 4) is 28.7 Å². The van der Waals surface area contributed by atoms with Gasteiger partial charge in [0.2, 0.25) is 6.79 Å². The second-order valence-electron chi connectivity index (χ2n) is 7.35. The summed E-state index contributed by atoms with van der Waals surface area (Å²) in [6.07, 6.45) is 2.90. The van der Waals surface area contributed by atoms with Crippen molar-refractivity contribution >= 4 is 0 Å². The number of ether oxygens (including phenoxy) is 5. The highest BCUT2D eigenvalue weighted by molar-refractivity contribution is 5.59. The Labute approximate surface area is 158 Å². The molecule has 2 aromatic carbocycles. The smallest absolute Gasteiger partial charge is 0.231 e. The molecule has 0 spiro atoms. The summed E-state index contributed by atoms with van der Waals surface area (Å²) < 4.78 is 29.2. The lowest BCUT2D eigenvalue weighted by molar-refractivity contribution is 0.137. The number of hydrogen-bond donors (Lipinski definition) is 0. The van der Waals surface area contributed by atoms with Crippen LogP contribution in [0.15, 0.2) is 35.9 Å². The molecule has 0 radical (unpaired) electrons. The first kappa shape index (κ1) is 16.4. The van der Waals surface area contributed by atoms with Crippen LogP contribution < -0.4 is 23.7 Å². The van der Waals surface area contributed by atoms with E-state index in [2.05, 4.69) is 26.0 Å². The Morgan fingerprint density at radius 1 is 1.07 bits per heavy atom. The Morgan fingerprint density at radius 2 is 1.89 bits per heavy atom. The number of allylic oxidation sites excluding steroid dienone is 2. The number of hydrogen-bond acceptors (Lipinski definition) is 5. The monoisotopic (exact) mass is 366 g/mol. The normalized spacial score (nSPS) is 20.7. The number of benzene rings is 2. The minimum Gasteiger partial charge on any atom is -0.496 e. The van der Waals surface area contributed by atoms with Crippen LogP contribution in [0.3, 0.4) is 0 Å². The standard InChI is InChI=1S/C22H22O5/c1-12(2)4-5-13-17(23-3)7-6-14-21(13)24-10-16-15-8-19-20(26-11-25-19)9-18(15)27-22(14)16/h4,6-9,16,22H,5,10-11H2,1-3H3/t16-,22-/m0/s1. The van der Waals surface area contributed by atoms with Gasteiger partial charge in [-0.3, -0.25) is 0 Å². The molecule has 0 saturated heterocycles. The van der Waals surface area contributed by atoms with E-state index in [0.717, 1.165) is 51.9 Å². The molecule has 27 heavy (non-hydrogen) atoms. The third-order valence-electron chi connectivity index (χ3n) is 5.42. The topological polar surface area (TPSA) is 46.2 Å². The van der Waals surface area contributed by atoms with Gasteiger partial charge in [0.25, 0.3) is 0 Å². The van der Waals surface area contributed by atoms with Gasteiger partial charge in [0.1, 0.15) is 23.4 Å². The minimum absolute atomic E-state index is 0.0670. The Bertz CT molecular complexity index is 942. The van der Waals surface area contributed by atoms with Gasteiger partial charge in [-0.05, 0) is 38.5 Å². The molecule has 0 saturated carbocycles. The molecule has 140 valence electrons. The molecule has 5 heteroatoms. The van der Waals surface area contributed by atoms with Crippen LogP contribution in [0.5, 0.6) is 28.7 Å². The van der Waals surface area contributed by atoms with Gasteiger partial charge >= 0.3 is 0 Å². The number of rotatable bonds is 3. The zero-order valence-corrected chi connectivity index (χ0v) is 15.7. The van der Waals surface area contributed by atoms with Gasteiger partial charge < -0.3 is 23.7 Å². The zero-order valence-electron chi connectivity index (χ0n) is 15.7. The third kappa shape index (κ3) is 2.52. The van der Waals surface area contributed by atoms with Gasteiger partial charge in [0.15, 0.2) is 11.5 Å². The van der Waals surface area contributed by atoms with Crippen molar-refractivity contribution in [3.63, 3.8) is 0 Å².